The molecule has 0 radical (unpaired) electrons. The number of ether oxygens (including phenoxy) is 1. The van der Waals surface area contributed by atoms with Crippen LogP contribution in [0.25, 0.3) is 0 Å². The van der Waals surface area contributed by atoms with Crippen molar-refractivity contribution in [3.05, 3.63) is 58.9 Å². The fraction of sp³-hybridized carbons (Fsp3) is 0.353. The molecule has 1 aliphatic rings. The van der Waals surface area contributed by atoms with Crippen molar-refractivity contribution < 1.29 is 9.53 Å². The summed E-state index contributed by atoms with van der Waals surface area (Å²) in [4.78, 5) is 12.0. The Balaban J connectivity index is 1.81. The highest BCUT2D eigenvalue weighted by atomic mass is 16.5. The zero-order valence-electron chi connectivity index (χ0n) is 11.9. The van der Waals surface area contributed by atoms with Gasteiger partial charge >= 0.3 is 5.97 Å². The molecular weight excluding hydrogens is 250 g/mol. The first-order chi connectivity index (χ1) is 9.70. The number of hydrogen-bond donors (Lipinski definition) is 0. The van der Waals surface area contributed by atoms with Crippen molar-refractivity contribution in [2.45, 2.75) is 32.7 Å². The van der Waals surface area contributed by atoms with Crippen LogP contribution >= 0.6 is 0 Å². The minimum Gasteiger partial charge on any atom is -0.461 e. The summed E-state index contributed by atoms with van der Waals surface area (Å²) in [6, 6.07) is 10.5. The van der Waals surface area contributed by atoms with Crippen LogP contribution in [0.4, 0.5) is 0 Å². The number of hydrogen-bond acceptors (Lipinski definition) is 2. The maximum atomic E-state index is 12.0. The molecule has 0 fully saturated rings. The number of aromatic nitrogens is 1. The van der Waals surface area contributed by atoms with Crippen molar-refractivity contribution in [2.75, 3.05) is 6.61 Å². The van der Waals surface area contributed by atoms with Crippen LogP contribution in [0.15, 0.2) is 36.5 Å². The molecule has 0 saturated heterocycles. The second-order valence-corrected chi connectivity index (χ2v) is 5.32. The van der Waals surface area contributed by atoms with Crippen molar-refractivity contribution in [3.8, 4) is 0 Å². The fourth-order valence-corrected chi connectivity index (χ4v) is 2.97. The van der Waals surface area contributed by atoms with E-state index in [1.807, 2.05) is 30.7 Å². The van der Waals surface area contributed by atoms with Gasteiger partial charge in [0, 0.05) is 18.7 Å². The number of aryl methyl sites for hydroxylation is 1. The Hall–Kier alpha value is -2.03. The Morgan fingerprint density at radius 3 is 2.90 bits per heavy atom. The SMILES string of the molecule is CCOC(=O)c1c(C)ccn1CC1Cc2ccccc21. The molecule has 1 aliphatic carbocycles. The molecule has 2 aromatic rings. The van der Waals surface area contributed by atoms with Crippen LogP contribution in [0.1, 0.15) is 40.0 Å². The second kappa shape index (κ2) is 5.16. The first-order valence-corrected chi connectivity index (χ1v) is 7.11. The van der Waals surface area contributed by atoms with E-state index in [0.29, 0.717) is 18.2 Å². The zero-order valence-corrected chi connectivity index (χ0v) is 11.9. The standard InChI is InChI=1S/C17H19NO2/c1-3-20-17(19)16-12(2)8-9-18(16)11-14-10-13-6-4-5-7-15(13)14/h4-9,14H,3,10-11H2,1-2H3. The smallest absolute Gasteiger partial charge is 0.355 e. The molecule has 1 aromatic heterocycles. The van der Waals surface area contributed by atoms with Crippen LogP contribution in [0.2, 0.25) is 0 Å². The topological polar surface area (TPSA) is 31.2 Å². The summed E-state index contributed by atoms with van der Waals surface area (Å²) in [6.45, 7) is 5.05. The van der Waals surface area contributed by atoms with Gasteiger partial charge in [-0.2, -0.15) is 0 Å². The predicted molar refractivity (Wildman–Crippen MR) is 78.0 cm³/mol. The molecule has 1 unspecified atom stereocenters. The molecule has 0 bridgehead atoms. The van der Waals surface area contributed by atoms with Gasteiger partial charge in [0.25, 0.3) is 0 Å². The Kier molecular flexibility index (Phi) is 3.35. The summed E-state index contributed by atoms with van der Waals surface area (Å²) in [7, 11) is 0. The maximum Gasteiger partial charge on any atom is 0.355 e. The highest BCUT2D eigenvalue weighted by Gasteiger charge is 2.27. The first-order valence-electron chi connectivity index (χ1n) is 7.11. The van der Waals surface area contributed by atoms with Crippen molar-refractivity contribution in [2.24, 2.45) is 0 Å². The van der Waals surface area contributed by atoms with Crippen molar-refractivity contribution in [1.82, 2.24) is 4.57 Å². The van der Waals surface area contributed by atoms with Crippen LogP contribution in [-0.2, 0) is 17.7 Å². The van der Waals surface area contributed by atoms with Gasteiger partial charge in [-0.25, -0.2) is 4.79 Å². The second-order valence-electron chi connectivity index (χ2n) is 5.32. The Morgan fingerprint density at radius 1 is 1.35 bits per heavy atom. The molecule has 0 N–H and O–H groups in total. The third kappa shape index (κ3) is 2.13. The average molecular weight is 269 g/mol. The van der Waals surface area contributed by atoms with Crippen LogP contribution < -0.4 is 0 Å². The molecule has 1 heterocycles. The highest BCUT2D eigenvalue weighted by molar-refractivity contribution is 5.89. The third-order valence-electron chi connectivity index (χ3n) is 4.01. The molecule has 104 valence electrons. The number of carbonyl (C=O) groups is 1. The fourth-order valence-electron chi connectivity index (χ4n) is 2.97. The summed E-state index contributed by atoms with van der Waals surface area (Å²) in [6.07, 6.45) is 3.08. The van der Waals surface area contributed by atoms with Crippen LogP contribution in [0, 0.1) is 6.92 Å². The predicted octanol–water partition coefficient (Wildman–Crippen LogP) is 3.31. The Morgan fingerprint density at radius 2 is 2.15 bits per heavy atom. The monoisotopic (exact) mass is 269 g/mol. The number of nitrogens with zero attached hydrogens (tertiary/aromatic N) is 1. The van der Waals surface area contributed by atoms with Gasteiger partial charge in [0.2, 0.25) is 0 Å². The van der Waals surface area contributed by atoms with E-state index in [-0.39, 0.29) is 5.97 Å². The van der Waals surface area contributed by atoms with E-state index < -0.39 is 0 Å². The normalized spacial score (nSPS) is 16.4. The lowest BCUT2D eigenvalue weighted by atomic mass is 9.77. The van der Waals surface area contributed by atoms with Gasteiger partial charge in [-0.3, -0.25) is 0 Å². The van der Waals surface area contributed by atoms with Gasteiger partial charge < -0.3 is 9.30 Å². The molecule has 3 rings (SSSR count). The summed E-state index contributed by atoms with van der Waals surface area (Å²) in [5.74, 6) is 0.286. The van der Waals surface area contributed by atoms with Crippen molar-refractivity contribution in [3.63, 3.8) is 0 Å². The van der Waals surface area contributed by atoms with E-state index in [9.17, 15) is 4.79 Å². The molecular formula is C17H19NO2. The van der Waals surface area contributed by atoms with Crippen LogP contribution in [0.5, 0.6) is 0 Å². The van der Waals surface area contributed by atoms with Crippen molar-refractivity contribution in [1.29, 1.82) is 0 Å². The first kappa shape index (κ1) is 13.0. The summed E-state index contributed by atoms with van der Waals surface area (Å²) >= 11 is 0. The number of fused-ring (bicyclic) bond motifs is 1. The molecule has 0 spiro atoms. The summed E-state index contributed by atoms with van der Waals surface area (Å²) in [5, 5.41) is 0. The molecule has 0 saturated carbocycles. The lowest BCUT2D eigenvalue weighted by molar-refractivity contribution is 0.0512. The summed E-state index contributed by atoms with van der Waals surface area (Å²) < 4.78 is 7.19. The average Bonchev–Trinajstić information content (AvgIpc) is 2.77. The minimum absolute atomic E-state index is 0.220. The molecule has 20 heavy (non-hydrogen) atoms. The number of carbonyl (C=O) groups excluding carboxylic acids is 1. The van der Waals surface area contributed by atoms with Gasteiger partial charge in [-0.05, 0) is 43.0 Å². The van der Waals surface area contributed by atoms with Gasteiger partial charge in [0.05, 0.1) is 6.61 Å². The van der Waals surface area contributed by atoms with Gasteiger partial charge in [0.15, 0.2) is 0 Å². The zero-order chi connectivity index (χ0) is 14.1. The molecule has 0 amide bonds. The lowest BCUT2D eigenvalue weighted by Crippen LogP contribution is -2.24. The number of benzene rings is 1. The van der Waals surface area contributed by atoms with E-state index in [0.717, 1.165) is 18.5 Å². The minimum atomic E-state index is -0.220. The van der Waals surface area contributed by atoms with Crippen molar-refractivity contribution >= 4 is 5.97 Å². The van der Waals surface area contributed by atoms with Gasteiger partial charge in [-0.1, -0.05) is 24.3 Å². The Bertz CT molecular complexity index is 642. The van der Waals surface area contributed by atoms with E-state index in [1.165, 1.54) is 11.1 Å². The molecule has 1 atom stereocenters. The summed E-state index contributed by atoms with van der Waals surface area (Å²) in [5.41, 5.74) is 4.51. The van der Waals surface area contributed by atoms with Crippen LogP contribution in [-0.4, -0.2) is 17.1 Å². The van der Waals surface area contributed by atoms with Gasteiger partial charge in [0.1, 0.15) is 5.69 Å². The highest BCUT2D eigenvalue weighted by Crippen LogP contribution is 2.36. The van der Waals surface area contributed by atoms with Crippen LogP contribution in [0.3, 0.4) is 0 Å². The van der Waals surface area contributed by atoms with E-state index in [1.54, 1.807) is 0 Å². The lowest BCUT2D eigenvalue weighted by Gasteiger charge is -2.30. The quantitative estimate of drug-likeness (QED) is 0.797. The van der Waals surface area contributed by atoms with Gasteiger partial charge in [-0.15, -0.1) is 0 Å². The van der Waals surface area contributed by atoms with E-state index >= 15 is 0 Å². The Labute approximate surface area is 119 Å². The third-order valence-corrected chi connectivity index (χ3v) is 4.01. The largest absolute Gasteiger partial charge is 0.461 e. The van der Waals surface area contributed by atoms with E-state index in [4.69, 9.17) is 4.74 Å². The van der Waals surface area contributed by atoms with E-state index in [2.05, 4.69) is 24.3 Å². The molecule has 3 heteroatoms. The number of esters is 1. The molecule has 0 aliphatic heterocycles. The molecule has 1 aromatic carbocycles. The molecule has 3 nitrogen and oxygen atoms in total. The number of rotatable bonds is 4. The maximum absolute atomic E-state index is 12.0.